The number of fused-ring (bicyclic) bond motifs is 2. The fourth-order valence-corrected chi connectivity index (χ4v) is 5.15. The highest BCUT2D eigenvalue weighted by molar-refractivity contribution is 5.95. The van der Waals surface area contributed by atoms with E-state index in [-0.39, 0.29) is 18.2 Å². The minimum atomic E-state index is -0.576. The molecular weight excluding hydrogens is 480 g/mol. The summed E-state index contributed by atoms with van der Waals surface area (Å²) in [5, 5.41) is 0.815. The summed E-state index contributed by atoms with van der Waals surface area (Å²) in [6.07, 6.45) is 5.97. The summed E-state index contributed by atoms with van der Waals surface area (Å²) in [5.74, 6) is 7.03. The zero-order valence-corrected chi connectivity index (χ0v) is 22.6. The number of carbonyl (C=O) groups is 1. The standard InChI is InChI=1S/C29H34N6O3/c1-6-33-18-32-23-13-19(8-10-24(23)33)7-9-20-15-34(25-11-12-31-27(30)26(20)25)21-14-22(17-37-5)35(16-21)28(36)38-29(2,3)4/h8,10-13,15,18,21-22H,6,14,16-17H2,1-5H3,(H2,30,31). The van der Waals surface area contributed by atoms with Gasteiger partial charge in [-0.25, -0.2) is 14.8 Å². The summed E-state index contributed by atoms with van der Waals surface area (Å²) in [6.45, 7) is 9.51. The molecule has 2 N–H and O–H groups in total. The molecule has 2 unspecified atom stereocenters. The van der Waals surface area contributed by atoms with Crippen molar-refractivity contribution in [3.63, 3.8) is 0 Å². The molecule has 1 aliphatic heterocycles. The van der Waals surface area contributed by atoms with Gasteiger partial charge in [-0.05, 0) is 58.4 Å². The molecule has 0 radical (unpaired) electrons. The van der Waals surface area contributed by atoms with Gasteiger partial charge in [-0.15, -0.1) is 0 Å². The first-order valence-electron chi connectivity index (χ1n) is 12.9. The van der Waals surface area contributed by atoms with Gasteiger partial charge in [0, 0.05) is 38.2 Å². The lowest BCUT2D eigenvalue weighted by molar-refractivity contribution is 0.0146. The molecule has 1 aliphatic rings. The Balaban J connectivity index is 1.50. The van der Waals surface area contributed by atoms with Gasteiger partial charge in [-0.3, -0.25) is 0 Å². The van der Waals surface area contributed by atoms with Crippen LogP contribution in [-0.2, 0) is 16.0 Å². The van der Waals surface area contributed by atoms with E-state index in [1.54, 1.807) is 18.2 Å². The number of aromatic nitrogens is 4. The first kappa shape index (κ1) is 25.6. The summed E-state index contributed by atoms with van der Waals surface area (Å²) < 4.78 is 15.4. The third-order valence-electron chi connectivity index (χ3n) is 6.85. The first-order chi connectivity index (χ1) is 18.2. The Hall–Kier alpha value is -4.03. The molecule has 5 rings (SSSR count). The Morgan fingerprint density at radius 3 is 2.74 bits per heavy atom. The Kier molecular flexibility index (Phi) is 6.76. The fraction of sp³-hybridized carbons (Fsp3) is 0.414. The van der Waals surface area contributed by atoms with Crippen LogP contribution in [0.15, 0.2) is 43.0 Å². The highest BCUT2D eigenvalue weighted by atomic mass is 16.6. The number of benzene rings is 1. The van der Waals surface area contributed by atoms with Crippen LogP contribution in [0.1, 0.15) is 51.3 Å². The lowest BCUT2D eigenvalue weighted by atomic mass is 10.1. The summed E-state index contributed by atoms with van der Waals surface area (Å²) in [4.78, 5) is 23.6. The molecule has 1 saturated heterocycles. The number of amides is 1. The van der Waals surface area contributed by atoms with Gasteiger partial charge in [0.25, 0.3) is 0 Å². The van der Waals surface area contributed by atoms with Gasteiger partial charge in [-0.1, -0.05) is 11.8 Å². The van der Waals surface area contributed by atoms with Gasteiger partial charge in [0.1, 0.15) is 11.4 Å². The van der Waals surface area contributed by atoms with E-state index in [9.17, 15) is 4.79 Å². The van der Waals surface area contributed by atoms with Crippen LogP contribution >= 0.6 is 0 Å². The van der Waals surface area contributed by atoms with Gasteiger partial charge >= 0.3 is 6.09 Å². The van der Waals surface area contributed by atoms with Crippen molar-refractivity contribution < 1.29 is 14.3 Å². The van der Waals surface area contributed by atoms with Crippen LogP contribution in [0.4, 0.5) is 10.6 Å². The molecule has 2 atom stereocenters. The van der Waals surface area contributed by atoms with Crippen molar-refractivity contribution in [2.75, 3.05) is 26.0 Å². The van der Waals surface area contributed by atoms with Crippen molar-refractivity contribution >= 4 is 33.8 Å². The summed E-state index contributed by atoms with van der Waals surface area (Å²) in [6, 6.07) is 7.92. The number of nitrogens with zero attached hydrogens (tertiary/aromatic N) is 5. The van der Waals surface area contributed by atoms with E-state index in [2.05, 4.69) is 43.9 Å². The average molecular weight is 515 g/mol. The molecule has 198 valence electrons. The van der Waals surface area contributed by atoms with E-state index in [1.807, 2.05) is 51.5 Å². The maximum atomic E-state index is 13.0. The molecule has 0 bridgehead atoms. The number of aryl methyl sites for hydroxylation is 1. The van der Waals surface area contributed by atoms with Crippen LogP contribution in [0.5, 0.6) is 0 Å². The van der Waals surface area contributed by atoms with Gasteiger partial charge in [0.05, 0.1) is 52.5 Å². The maximum Gasteiger partial charge on any atom is 0.410 e. The molecule has 0 spiro atoms. The van der Waals surface area contributed by atoms with Gasteiger partial charge in [0.15, 0.2) is 0 Å². The Labute approximate surface area is 222 Å². The fourth-order valence-electron chi connectivity index (χ4n) is 5.15. The normalized spacial score (nSPS) is 17.7. The molecule has 4 heterocycles. The van der Waals surface area contributed by atoms with E-state index in [0.717, 1.165) is 46.0 Å². The molecule has 0 saturated carbocycles. The molecule has 1 fully saturated rings. The summed E-state index contributed by atoms with van der Waals surface area (Å²) in [7, 11) is 1.65. The Bertz CT molecular complexity index is 1550. The number of carbonyl (C=O) groups excluding carboxylic acids is 1. The Morgan fingerprint density at radius 2 is 2.00 bits per heavy atom. The largest absolute Gasteiger partial charge is 0.444 e. The van der Waals surface area contributed by atoms with Crippen LogP contribution < -0.4 is 5.73 Å². The molecular formula is C29H34N6O3. The Morgan fingerprint density at radius 1 is 1.18 bits per heavy atom. The molecule has 4 aromatic rings. The van der Waals surface area contributed by atoms with Gasteiger partial charge < -0.3 is 29.2 Å². The number of nitrogens with two attached hydrogens (primary N) is 1. The minimum absolute atomic E-state index is 0.0110. The quantitative estimate of drug-likeness (QED) is 0.400. The average Bonchev–Trinajstić information content (AvgIpc) is 3.57. The minimum Gasteiger partial charge on any atom is -0.444 e. The highest BCUT2D eigenvalue weighted by Gasteiger charge is 2.39. The lowest BCUT2D eigenvalue weighted by Gasteiger charge is -2.28. The van der Waals surface area contributed by atoms with Gasteiger partial charge in [-0.2, -0.15) is 0 Å². The number of pyridine rings is 1. The number of ether oxygens (including phenoxy) is 2. The SMILES string of the molecule is CCn1cnc2cc(C#Cc3cn(C4CC(COC)N(C(=O)OC(C)(C)C)C4)c4ccnc(N)c34)ccc21. The molecule has 38 heavy (non-hydrogen) atoms. The molecule has 9 heteroatoms. The van der Waals surface area contributed by atoms with E-state index in [1.165, 1.54) is 0 Å². The first-order valence-corrected chi connectivity index (χ1v) is 12.9. The van der Waals surface area contributed by atoms with Crippen molar-refractivity contribution in [1.82, 2.24) is 24.0 Å². The number of anilines is 1. The van der Waals surface area contributed by atoms with Crippen LogP contribution in [-0.4, -0.2) is 62.0 Å². The van der Waals surface area contributed by atoms with E-state index in [0.29, 0.717) is 19.0 Å². The number of hydrogen-bond donors (Lipinski definition) is 1. The van der Waals surface area contributed by atoms with E-state index in [4.69, 9.17) is 15.2 Å². The maximum absolute atomic E-state index is 13.0. The van der Waals surface area contributed by atoms with Crippen LogP contribution in [0.3, 0.4) is 0 Å². The van der Waals surface area contributed by atoms with Crippen molar-refractivity contribution in [1.29, 1.82) is 0 Å². The number of nitrogen functional groups attached to an aromatic ring is 1. The monoisotopic (exact) mass is 514 g/mol. The third-order valence-corrected chi connectivity index (χ3v) is 6.85. The van der Waals surface area contributed by atoms with Crippen LogP contribution in [0, 0.1) is 11.8 Å². The number of hydrogen-bond acceptors (Lipinski definition) is 6. The van der Waals surface area contributed by atoms with Crippen molar-refractivity contribution in [3.05, 3.63) is 54.1 Å². The van der Waals surface area contributed by atoms with Crippen molar-refractivity contribution in [3.8, 4) is 11.8 Å². The zero-order chi connectivity index (χ0) is 27.0. The van der Waals surface area contributed by atoms with E-state index >= 15 is 0 Å². The molecule has 9 nitrogen and oxygen atoms in total. The molecule has 1 amide bonds. The number of imidazole rings is 1. The van der Waals surface area contributed by atoms with Crippen molar-refractivity contribution in [2.24, 2.45) is 0 Å². The van der Waals surface area contributed by atoms with Crippen LogP contribution in [0.2, 0.25) is 0 Å². The predicted molar refractivity (Wildman–Crippen MR) is 148 cm³/mol. The topological polar surface area (TPSA) is 100 Å². The predicted octanol–water partition coefficient (Wildman–Crippen LogP) is 4.58. The second-order valence-electron chi connectivity index (χ2n) is 10.7. The smallest absolute Gasteiger partial charge is 0.410 e. The number of methoxy groups -OCH3 is 1. The molecule has 1 aromatic carbocycles. The van der Waals surface area contributed by atoms with Crippen molar-refractivity contribution in [2.45, 2.75) is 58.3 Å². The third kappa shape index (κ3) is 4.92. The molecule has 0 aliphatic carbocycles. The lowest BCUT2D eigenvalue weighted by Crippen LogP contribution is -2.41. The second kappa shape index (κ2) is 10.0. The number of likely N-dealkylation sites (tertiary alicyclic amines) is 1. The van der Waals surface area contributed by atoms with Crippen LogP contribution in [0.25, 0.3) is 21.9 Å². The van der Waals surface area contributed by atoms with Gasteiger partial charge in [0.2, 0.25) is 0 Å². The second-order valence-corrected chi connectivity index (χ2v) is 10.7. The summed E-state index contributed by atoms with van der Waals surface area (Å²) in [5.41, 5.74) is 10.4. The highest BCUT2D eigenvalue weighted by Crippen LogP contribution is 2.35. The number of rotatable bonds is 4. The zero-order valence-electron chi connectivity index (χ0n) is 22.6. The molecule has 3 aromatic heterocycles. The van der Waals surface area contributed by atoms with E-state index < -0.39 is 5.60 Å². The summed E-state index contributed by atoms with van der Waals surface area (Å²) >= 11 is 0.